The maximum atomic E-state index is 12.4. The highest BCUT2D eigenvalue weighted by atomic mass is 35.5. The van der Waals surface area contributed by atoms with Gasteiger partial charge in [0.2, 0.25) is 0 Å². The van der Waals surface area contributed by atoms with E-state index < -0.39 is 0 Å². The van der Waals surface area contributed by atoms with Crippen molar-refractivity contribution in [2.45, 2.75) is 6.92 Å². The first-order valence-electron chi connectivity index (χ1n) is 10.1. The van der Waals surface area contributed by atoms with Crippen molar-refractivity contribution in [2.75, 3.05) is 39.9 Å². The smallest absolute Gasteiger partial charge is 0.253 e. The molecule has 3 rings (SSSR count). The first kappa shape index (κ1) is 22.8. The van der Waals surface area contributed by atoms with Gasteiger partial charge in [0.1, 0.15) is 0 Å². The van der Waals surface area contributed by atoms with Crippen molar-refractivity contribution < 1.29 is 14.3 Å². The lowest BCUT2D eigenvalue weighted by atomic mass is 9.93. The summed E-state index contributed by atoms with van der Waals surface area (Å²) in [6.45, 7) is 4.74. The van der Waals surface area contributed by atoms with Gasteiger partial charge in [-0.15, -0.1) is 0 Å². The number of methoxy groups -OCH3 is 1. The lowest BCUT2D eigenvalue weighted by Crippen LogP contribution is -2.52. The standard InChI is InChI=1S/C23H27ClN4O3/c1-15-9-21(25)18(10-20(15)22(29)27-7-8-31-2)12-26-11-16-13-28(14-16)23(30)17-3-5-19(24)6-4-17/h3-6,9-10,12,16,25-26H,7-8,11,13-14H2,1-2H3,(H,27,29)/b18-12-,25-21?. The molecule has 0 saturated carbocycles. The first-order valence-corrected chi connectivity index (χ1v) is 10.5. The zero-order chi connectivity index (χ0) is 22.4. The molecular weight excluding hydrogens is 416 g/mol. The van der Waals surface area contributed by atoms with Gasteiger partial charge >= 0.3 is 0 Å². The van der Waals surface area contributed by atoms with Gasteiger partial charge in [-0.05, 0) is 48.9 Å². The highest BCUT2D eigenvalue weighted by Crippen LogP contribution is 2.21. The van der Waals surface area contributed by atoms with Crippen LogP contribution in [-0.4, -0.2) is 62.3 Å². The average Bonchev–Trinajstić information content (AvgIpc) is 2.71. The summed E-state index contributed by atoms with van der Waals surface area (Å²) >= 11 is 5.87. The third kappa shape index (κ3) is 5.83. The number of ether oxygens (including phenoxy) is 1. The fourth-order valence-electron chi connectivity index (χ4n) is 3.43. The number of likely N-dealkylation sites (tertiary alicyclic amines) is 1. The van der Waals surface area contributed by atoms with Crippen LogP contribution >= 0.6 is 11.6 Å². The number of halogens is 1. The summed E-state index contributed by atoms with van der Waals surface area (Å²) < 4.78 is 4.95. The Kier molecular flexibility index (Phi) is 7.65. The van der Waals surface area contributed by atoms with E-state index in [1.165, 1.54) is 0 Å². The Morgan fingerprint density at radius 1 is 1.26 bits per heavy atom. The first-order chi connectivity index (χ1) is 14.9. The highest BCUT2D eigenvalue weighted by molar-refractivity contribution is 6.30. The second-order valence-corrected chi connectivity index (χ2v) is 8.08. The zero-order valence-electron chi connectivity index (χ0n) is 17.7. The Morgan fingerprint density at radius 3 is 2.65 bits per heavy atom. The topological polar surface area (TPSA) is 94.5 Å². The van der Waals surface area contributed by atoms with Crippen molar-refractivity contribution in [3.05, 3.63) is 69.9 Å². The van der Waals surface area contributed by atoms with Crippen LogP contribution in [0.15, 0.2) is 59.3 Å². The van der Waals surface area contributed by atoms with E-state index >= 15 is 0 Å². The van der Waals surface area contributed by atoms with Crippen molar-refractivity contribution in [1.82, 2.24) is 15.5 Å². The van der Waals surface area contributed by atoms with Crippen molar-refractivity contribution in [3.8, 4) is 0 Å². The molecule has 1 heterocycles. The van der Waals surface area contributed by atoms with E-state index in [0.717, 1.165) is 5.57 Å². The van der Waals surface area contributed by atoms with Gasteiger partial charge in [0.25, 0.3) is 11.8 Å². The molecule has 1 fully saturated rings. The SMILES string of the molecule is COCCNC(=O)C1=C/C(=C/NCC2CN(C(=O)c3ccc(Cl)cc3)C2)C(=N)C=C1C. The minimum absolute atomic E-state index is 0.00741. The average molecular weight is 443 g/mol. The number of hydrogen-bond acceptors (Lipinski definition) is 5. The van der Waals surface area contributed by atoms with Crippen molar-refractivity contribution >= 4 is 29.1 Å². The van der Waals surface area contributed by atoms with Crippen LogP contribution < -0.4 is 10.6 Å². The van der Waals surface area contributed by atoms with Crippen LogP contribution in [0.2, 0.25) is 5.02 Å². The van der Waals surface area contributed by atoms with Gasteiger partial charge in [-0.1, -0.05) is 11.6 Å². The molecule has 164 valence electrons. The molecule has 2 amide bonds. The lowest BCUT2D eigenvalue weighted by Gasteiger charge is -2.39. The fourth-order valence-corrected chi connectivity index (χ4v) is 3.55. The Balaban J connectivity index is 1.50. The van der Waals surface area contributed by atoms with E-state index in [2.05, 4.69) is 10.6 Å². The number of carbonyl (C=O) groups excluding carboxylic acids is 2. The zero-order valence-corrected chi connectivity index (χ0v) is 18.5. The normalized spacial score (nSPS) is 17.7. The molecule has 3 N–H and O–H groups in total. The summed E-state index contributed by atoms with van der Waals surface area (Å²) in [6, 6.07) is 6.91. The minimum Gasteiger partial charge on any atom is -0.390 e. The Labute approximate surface area is 187 Å². The number of allylic oxidation sites excluding steroid dienone is 3. The molecule has 1 aromatic rings. The number of hydrogen-bond donors (Lipinski definition) is 3. The monoisotopic (exact) mass is 442 g/mol. The fraction of sp³-hybridized carbons (Fsp3) is 0.348. The molecule has 1 aromatic carbocycles. The van der Waals surface area contributed by atoms with E-state index in [0.29, 0.717) is 66.1 Å². The molecule has 0 spiro atoms. The highest BCUT2D eigenvalue weighted by Gasteiger charge is 2.30. The van der Waals surface area contributed by atoms with Crippen LogP contribution in [0.25, 0.3) is 0 Å². The van der Waals surface area contributed by atoms with Crippen LogP contribution in [0.1, 0.15) is 17.3 Å². The summed E-state index contributed by atoms with van der Waals surface area (Å²) in [7, 11) is 1.58. The minimum atomic E-state index is -0.181. The number of nitrogens with zero attached hydrogens (tertiary/aromatic N) is 1. The molecule has 31 heavy (non-hydrogen) atoms. The van der Waals surface area contributed by atoms with Crippen LogP contribution in [-0.2, 0) is 9.53 Å². The van der Waals surface area contributed by atoms with Gasteiger partial charge < -0.3 is 25.7 Å². The van der Waals surface area contributed by atoms with Gasteiger partial charge in [-0.3, -0.25) is 9.59 Å². The number of nitrogens with one attached hydrogen (secondary N) is 3. The van der Waals surface area contributed by atoms with Gasteiger partial charge in [0.05, 0.1) is 12.3 Å². The third-order valence-corrected chi connectivity index (χ3v) is 5.48. The van der Waals surface area contributed by atoms with Crippen LogP contribution in [0, 0.1) is 11.3 Å². The Bertz CT molecular complexity index is 944. The summed E-state index contributed by atoms with van der Waals surface area (Å²) in [4.78, 5) is 26.6. The van der Waals surface area contributed by atoms with Gasteiger partial charge in [-0.2, -0.15) is 0 Å². The molecule has 0 unspecified atom stereocenters. The quantitative estimate of drug-likeness (QED) is 0.539. The second kappa shape index (κ2) is 10.4. The maximum absolute atomic E-state index is 12.4. The van der Waals surface area contributed by atoms with Gasteiger partial charge in [0, 0.05) is 67.1 Å². The summed E-state index contributed by atoms with van der Waals surface area (Å²) in [5, 5.41) is 14.8. The van der Waals surface area contributed by atoms with Crippen molar-refractivity contribution in [3.63, 3.8) is 0 Å². The molecule has 8 heteroatoms. The largest absolute Gasteiger partial charge is 0.390 e. The number of carbonyl (C=O) groups is 2. The molecule has 0 aromatic heterocycles. The summed E-state index contributed by atoms with van der Waals surface area (Å²) in [6.07, 6.45) is 5.18. The molecular formula is C23H27ClN4O3. The van der Waals surface area contributed by atoms with Crippen molar-refractivity contribution in [1.29, 1.82) is 5.41 Å². The molecule has 1 aliphatic carbocycles. The van der Waals surface area contributed by atoms with E-state index in [4.69, 9.17) is 21.7 Å². The van der Waals surface area contributed by atoms with E-state index in [1.807, 2.05) is 6.92 Å². The third-order valence-electron chi connectivity index (χ3n) is 5.23. The predicted octanol–water partition coefficient (Wildman–Crippen LogP) is 2.55. The van der Waals surface area contributed by atoms with Crippen molar-refractivity contribution in [2.24, 2.45) is 5.92 Å². The van der Waals surface area contributed by atoms with Crippen LogP contribution in [0.5, 0.6) is 0 Å². The van der Waals surface area contributed by atoms with Gasteiger partial charge in [0.15, 0.2) is 0 Å². The molecule has 0 atom stereocenters. The Hall–Kier alpha value is -2.90. The van der Waals surface area contributed by atoms with E-state index in [1.54, 1.807) is 54.6 Å². The molecule has 7 nitrogen and oxygen atoms in total. The molecule has 1 aliphatic heterocycles. The maximum Gasteiger partial charge on any atom is 0.253 e. The Morgan fingerprint density at radius 2 is 1.97 bits per heavy atom. The second-order valence-electron chi connectivity index (χ2n) is 7.64. The van der Waals surface area contributed by atoms with E-state index in [-0.39, 0.29) is 11.8 Å². The van der Waals surface area contributed by atoms with Crippen LogP contribution in [0.3, 0.4) is 0 Å². The van der Waals surface area contributed by atoms with Gasteiger partial charge in [-0.25, -0.2) is 0 Å². The molecule has 1 saturated heterocycles. The number of benzene rings is 1. The van der Waals surface area contributed by atoms with Crippen LogP contribution in [0.4, 0.5) is 0 Å². The molecule has 2 aliphatic rings. The molecule has 0 radical (unpaired) electrons. The summed E-state index contributed by atoms with van der Waals surface area (Å²) in [5.41, 5.74) is 2.94. The number of rotatable bonds is 8. The lowest BCUT2D eigenvalue weighted by molar-refractivity contribution is -0.117. The van der Waals surface area contributed by atoms with E-state index in [9.17, 15) is 9.59 Å². The summed E-state index contributed by atoms with van der Waals surface area (Å²) in [5.74, 6) is 0.163. The number of amides is 2. The predicted molar refractivity (Wildman–Crippen MR) is 121 cm³/mol. The molecule has 0 bridgehead atoms.